The van der Waals surface area contributed by atoms with E-state index in [2.05, 4.69) is 31.1 Å². The molecule has 6 heterocycles. The minimum absolute atomic E-state index is 0.103. The summed E-state index contributed by atoms with van der Waals surface area (Å²) in [6, 6.07) is -1.11. The lowest BCUT2D eigenvalue weighted by Crippen LogP contribution is -2.54. The fourth-order valence-corrected chi connectivity index (χ4v) is 14.7. The number of carbonyl (C=O) groups excluding carboxylic acids is 7. The van der Waals surface area contributed by atoms with Crippen LogP contribution in [0.4, 0.5) is 0 Å². The highest BCUT2D eigenvalue weighted by atomic mass is 32.2. The van der Waals surface area contributed by atoms with Crippen LogP contribution in [-0.4, -0.2) is 187 Å². The van der Waals surface area contributed by atoms with Crippen LogP contribution < -0.4 is 21.3 Å². The third-order valence-electron chi connectivity index (χ3n) is 16.8. The molecule has 6 aliphatic heterocycles. The lowest BCUT2D eigenvalue weighted by atomic mass is 9.78. The van der Waals surface area contributed by atoms with E-state index in [1.165, 1.54) is 47.7 Å². The van der Waals surface area contributed by atoms with Crippen molar-refractivity contribution in [2.24, 2.45) is 29.6 Å². The number of imide groups is 2. The number of rotatable bonds is 20. The van der Waals surface area contributed by atoms with E-state index in [0.717, 1.165) is 89.9 Å². The van der Waals surface area contributed by atoms with E-state index < -0.39 is 33.9 Å². The van der Waals surface area contributed by atoms with Crippen LogP contribution in [0.1, 0.15) is 122 Å². The van der Waals surface area contributed by atoms with Crippen molar-refractivity contribution in [3.05, 3.63) is 0 Å². The number of hydrogen-bond donors (Lipinski definition) is 4. The molecule has 8 fully saturated rings. The van der Waals surface area contributed by atoms with E-state index in [1.807, 2.05) is 4.90 Å². The second kappa shape index (κ2) is 24.7. The molecular formula is C49H79N9O10S2. The van der Waals surface area contributed by atoms with Gasteiger partial charge in [0.15, 0.2) is 0 Å². The Labute approximate surface area is 418 Å². The number of ether oxygens (including phenoxy) is 1. The summed E-state index contributed by atoms with van der Waals surface area (Å²) in [4.78, 5) is 99.1. The van der Waals surface area contributed by atoms with E-state index in [-0.39, 0.29) is 97.8 Å². The van der Waals surface area contributed by atoms with Gasteiger partial charge in [0.2, 0.25) is 51.4 Å². The smallest absolute Gasteiger partial charge is 0.249 e. The topological polar surface area (TPSA) is 227 Å². The number of sulfonamides is 1. The van der Waals surface area contributed by atoms with Gasteiger partial charge >= 0.3 is 0 Å². The number of piperazine rings is 1. The molecule has 0 aromatic rings. The van der Waals surface area contributed by atoms with Crippen molar-refractivity contribution in [3.8, 4) is 0 Å². The Morgan fingerprint density at radius 1 is 0.829 bits per heavy atom. The zero-order chi connectivity index (χ0) is 49.4. The second-order valence-corrected chi connectivity index (χ2v) is 24.6. The van der Waals surface area contributed by atoms with Crippen molar-refractivity contribution in [2.75, 3.05) is 84.1 Å². The van der Waals surface area contributed by atoms with E-state index in [4.69, 9.17) is 4.74 Å². The van der Waals surface area contributed by atoms with Crippen LogP contribution in [0.3, 0.4) is 0 Å². The molecule has 0 aromatic carbocycles. The number of nitrogens with one attached hydrogen (secondary N) is 4. The summed E-state index contributed by atoms with van der Waals surface area (Å²) in [5.41, 5.74) is -0.241. The molecule has 0 spiro atoms. The molecule has 0 bridgehead atoms. The van der Waals surface area contributed by atoms with Crippen LogP contribution in [0.2, 0.25) is 0 Å². The predicted octanol–water partition coefficient (Wildman–Crippen LogP) is 1.61. The number of likely N-dealkylation sites (tertiary alicyclic amines) is 2. The highest BCUT2D eigenvalue weighted by Gasteiger charge is 2.54. The molecule has 7 amide bonds. The average Bonchev–Trinajstić information content (AvgIpc) is 4.11. The van der Waals surface area contributed by atoms with E-state index in [9.17, 15) is 42.0 Å². The third-order valence-corrected chi connectivity index (χ3v) is 19.2. The Bertz CT molecular complexity index is 1990. The second-order valence-electron chi connectivity index (χ2n) is 21.5. The first-order valence-electron chi connectivity index (χ1n) is 26.7. The molecular weight excluding hydrogens is 939 g/mol. The number of piperidine rings is 2. The number of fused-ring (bicyclic) bond motifs is 1. The molecule has 8 atom stereocenters. The summed E-state index contributed by atoms with van der Waals surface area (Å²) >= 11 is 1.68. The largest absolute Gasteiger partial charge is 0.381 e. The molecule has 70 heavy (non-hydrogen) atoms. The van der Waals surface area contributed by atoms with Crippen LogP contribution >= 0.6 is 11.8 Å². The van der Waals surface area contributed by atoms with E-state index in [0.29, 0.717) is 56.6 Å². The Kier molecular flexibility index (Phi) is 18.7. The zero-order valence-corrected chi connectivity index (χ0v) is 43.0. The molecule has 21 heteroatoms. The van der Waals surface area contributed by atoms with Gasteiger partial charge in [-0.2, -0.15) is 0 Å². The highest BCUT2D eigenvalue weighted by Crippen LogP contribution is 2.41. The van der Waals surface area contributed by atoms with Gasteiger partial charge in [-0.15, -0.1) is 11.8 Å². The van der Waals surface area contributed by atoms with Crippen molar-refractivity contribution in [1.29, 1.82) is 0 Å². The Morgan fingerprint density at radius 3 is 2.31 bits per heavy atom. The van der Waals surface area contributed by atoms with Crippen LogP contribution in [0.25, 0.3) is 0 Å². The average molecular weight is 1020 g/mol. The number of thioether (sulfide) groups is 1. The van der Waals surface area contributed by atoms with Gasteiger partial charge in [-0.05, 0) is 95.4 Å². The van der Waals surface area contributed by atoms with E-state index >= 15 is 0 Å². The molecule has 7 unspecified atom stereocenters. The first-order valence-corrected chi connectivity index (χ1v) is 29.6. The number of unbranched alkanes of at least 4 members (excludes halogenated alkanes) is 1. The maximum atomic E-state index is 13.6. The standard InChI is InChI=1S/C49H79N9O10S2/c1-70(66,67)57-23-18-35(31-57)44(61)50-39(45(62)53-49-51-40(32-69-49)34-9-3-2-4-10-34)19-29-68-28-7-11-43(60)56-21-16-33(17-22-56)8-5-6-20-54-24-26-55(27-25-54)36-12-13-37-38(30-36)48(65)58(47(37)64)41-14-15-42(59)52-46(41)63/h33-41,49,51H,2-32H2,1H3,(H,50,61)(H,53,62)(H,52,59,63)/t35?,36?,37?,38?,39-,40?,41?,49?/m0/s1. The van der Waals surface area contributed by atoms with Gasteiger partial charge in [-0.25, -0.2) is 12.7 Å². The number of nitrogens with zero attached hydrogens (tertiary/aromatic N) is 5. The summed E-state index contributed by atoms with van der Waals surface area (Å²) in [7, 11) is -3.41. The molecule has 19 nitrogen and oxygen atoms in total. The van der Waals surface area contributed by atoms with Crippen molar-refractivity contribution in [2.45, 2.75) is 152 Å². The normalized spacial score (nSPS) is 30.7. The van der Waals surface area contributed by atoms with Crippen LogP contribution in [0, 0.1) is 29.6 Å². The molecule has 4 N–H and O–H groups in total. The lowest BCUT2D eigenvalue weighted by molar-refractivity contribution is -0.151. The van der Waals surface area contributed by atoms with Gasteiger partial charge in [-0.3, -0.25) is 54.0 Å². The Balaban J connectivity index is 0.673. The van der Waals surface area contributed by atoms with Crippen molar-refractivity contribution in [1.82, 2.24) is 45.2 Å². The SMILES string of the molecule is CS(=O)(=O)N1CCC(C(=O)N[C@@H](CCOCCCC(=O)N2CCC(CCCCN3CCN(C4CCC5C(=O)N(C6CCC(=O)NC6=O)C(=O)C5C4)CC3)CC2)C(=O)NC2NC(C3CCCCC3)CS2)C1. The fourth-order valence-electron chi connectivity index (χ4n) is 12.5. The summed E-state index contributed by atoms with van der Waals surface area (Å²) in [6.07, 6.45) is 17.0. The molecule has 0 aromatic heterocycles. The summed E-state index contributed by atoms with van der Waals surface area (Å²) in [5.74, 6) is -0.979. The quantitative estimate of drug-likeness (QED) is 0.101. The first-order chi connectivity index (χ1) is 33.7. The Morgan fingerprint density at radius 2 is 1.59 bits per heavy atom. The summed E-state index contributed by atoms with van der Waals surface area (Å²) < 4.78 is 31.4. The Hall–Kier alpha value is -3.21. The maximum absolute atomic E-state index is 13.6. The molecule has 8 aliphatic rings. The number of hydrogen-bond acceptors (Lipinski definition) is 14. The van der Waals surface area contributed by atoms with Gasteiger partial charge in [0.05, 0.1) is 24.0 Å². The van der Waals surface area contributed by atoms with Crippen LogP contribution in [0.5, 0.6) is 0 Å². The van der Waals surface area contributed by atoms with Crippen molar-refractivity contribution >= 4 is 63.1 Å². The molecule has 8 rings (SSSR count). The molecule has 392 valence electrons. The van der Waals surface area contributed by atoms with E-state index in [1.54, 1.807) is 11.8 Å². The lowest BCUT2D eigenvalue weighted by Gasteiger charge is -2.42. The molecule has 2 saturated carbocycles. The summed E-state index contributed by atoms with van der Waals surface area (Å²) in [6.45, 7) is 7.43. The van der Waals surface area contributed by atoms with Gasteiger partial charge < -0.3 is 25.2 Å². The van der Waals surface area contributed by atoms with Gasteiger partial charge in [0.25, 0.3) is 0 Å². The first kappa shape index (κ1) is 53.1. The molecule has 2 aliphatic carbocycles. The number of amides is 7. The highest BCUT2D eigenvalue weighted by molar-refractivity contribution is 8.00. The monoisotopic (exact) mass is 1020 g/mol. The van der Waals surface area contributed by atoms with Crippen molar-refractivity contribution < 1.29 is 46.7 Å². The van der Waals surface area contributed by atoms with Gasteiger partial charge in [0, 0.05) is 96.2 Å². The molecule has 6 saturated heterocycles. The van der Waals surface area contributed by atoms with Gasteiger partial charge in [-0.1, -0.05) is 32.1 Å². The molecule has 0 radical (unpaired) electrons. The third kappa shape index (κ3) is 13.7. The zero-order valence-electron chi connectivity index (χ0n) is 41.3. The van der Waals surface area contributed by atoms with Crippen LogP contribution in [0.15, 0.2) is 0 Å². The maximum Gasteiger partial charge on any atom is 0.249 e. The minimum atomic E-state index is -3.41. The summed E-state index contributed by atoms with van der Waals surface area (Å²) in [5, 5.41) is 11.9. The van der Waals surface area contributed by atoms with Crippen LogP contribution in [-0.2, 0) is 48.3 Å². The predicted molar refractivity (Wildman–Crippen MR) is 263 cm³/mol. The van der Waals surface area contributed by atoms with Crippen molar-refractivity contribution in [3.63, 3.8) is 0 Å². The minimum Gasteiger partial charge on any atom is -0.381 e. The fraction of sp³-hybridized carbons (Fsp3) is 0.857. The number of carbonyl (C=O) groups is 7. The van der Waals surface area contributed by atoms with Gasteiger partial charge in [0.1, 0.15) is 17.6 Å².